The van der Waals surface area contributed by atoms with Gasteiger partial charge in [-0.15, -0.1) is 0 Å². The van der Waals surface area contributed by atoms with Gasteiger partial charge in [-0.3, -0.25) is 4.90 Å². The van der Waals surface area contributed by atoms with Crippen molar-refractivity contribution in [2.24, 2.45) is 5.92 Å². The van der Waals surface area contributed by atoms with Crippen molar-refractivity contribution in [1.29, 1.82) is 0 Å². The minimum absolute atomic E-state index is 0.0814. The van der Waals surface area contributed by atoms with Crippen molar-refractivity contribution < 1.29 is 4.39 Å². The van der Waals surface area contributed by atoms with Crippen LogP contribution < -0.4 is 0 Å². The molecule has 1 aromatic carbocycles. The highest BCUT2D eigenvalue weighted by atomic mass is 19.1. The molecule has 0 bridgehead atoms. The smallest absolute Gasteiger partial charge is 0.127 e. The molecule has 0 saturated carbocycles. The van der Waals surface area contributed by atoms with Crippen molar-refractivity contribution in [2.75, 3.05) is 13.1 Å². The molecule has 0 radical (unpaired) electrons. The molecule has 0 spiro atoms. The van der Waals surface area contributed by atoms with Crippen LogP contribution in [0, 0.1) is 11.7 Å². The quantitative estimate of drug-likeness (QED) is 0.673. The first-order valence-corrected chi connectivity index (χ1v) is 4.71. The molecule has 2 heteroatoms. The summed E-state index contributed by atoms with van der Waals surface area (Å²) >= 11 is 0. The van der Waals surface area contributed by atoms with Crippen LogP contribution in [-0.4, -0.2) is 18.0 Å². The van der Waals surface area contributed by atoms with Crippen LogP contribution in [0.4, 0.5) is 4.39 Å². The summed E-state index contributed by atoms with van der Waals surface area (Å²) in [4.78, 5) is 2.27. The Kier molecular flexibility index (Phi) is 2.32. The summed E-state index contributed by atoms with van der Waals surface area (Å²) in [5.74, 6) is 0.703. The third-order valence-electron chi connectivity index (χ3n) is 2.49. The molecule has 13 heavy (non-hydrogen) atoms. The fourth-order valence-electron chi connectivity index (χ4n) is 1.82. The van der Waals surface area contributed by atoms with E-state index in [1.807, 2.05) is 12.1 Å². The average Bonchev–Trinajstić information content (AvgIpc) is 2.06. The Hall–Kier alpha value is -0.890. The maximum Gasteiger partial charge on any atom is 0.127 e. The van der Waals surface area contributed by atoms with Crippen molar-refractivity contribution >= 4 is 0 Å². The summed E-state index contributed by atoms with van der Waals surface area (Å²) in [6.07, 6.45) is 0. The Morgan fingerprint density at radius 2 is 2.08 bits per heavy atom. The number of benzene rings is 1. The van der Waals surface area contributed by atoms with E-state index in [-0.39, 0.29) is 5.82 Å². The van der Waals surface area contributed by atoms with Crippen molar-refractivity contribution in [1.82, 2.24) is 4.90 Å². The van der Waals surface area contributed by atoms with Crippen molar-refractivity contribution in [3.8, 4) is 0 Å². The highest BCUT2D eigenvalue weighted by Crippen LogP contribution is 2.18. The van der Waals surface area contributed by atoms with Gasteiger partial charge in [0.25, 0.3) is 0 Å². The summed E-state index contributed by atoms with van der Waals surface area (Å²) in [5.41, 5.74) is 0.814. The van der Waals surface area contributed by atoms with E-state index in [9.17, 15) is 4.39 Å². The van der Waals surface area contributed by atoms with Crippen LogP contribution in [-0.2, 0) is 6.54 Å². The van der Waals surface area contributed by atoms with Crippen LogP contribution in [0.2, 0.25) is 0 Å². The third-order valence-corrected chi connectivity index (χ3v) is 2.49. The molecule has 0 amide bonds. The first-order chi connectivity index (χ1) is 6.25. The molecule has 0 aliphatic carbocycles. The molecule has 0 atom stereocenters. The molecule has 0 aromatic heterocycles. The van der Waals surface area contributed by atoms with Crippen LogP contribution in [0.1, 0.15) is 12.5 Å². The van der Waals surface area contributed by atoms with Gasteiger partial charge in [-0.05, 0) is 12.0 Å². The van der Waals surface area contributed by atoms with E-state index in [4.69, 9.17) is 0 Å². The average molecular weight is 179 g/mol. The number of likely N-dealkylation sites (tertiary alicyclic amines) is 1. The second-order valence-corrected chi connectivity index (χ2v) is 3.89. The lowest BCUT2D eigenvalue weighted by Crippen LogP contribution is -2.44. The Morgan fingerprint density at radius 1 is 1.38 bits per heavy atom. The number of nitrogens with zero attached hydrogens (tertiary/aromatic N) is 1. The molecule has 1 aliphatic rings. The molecule has 0 unspecified atom stereocenters. The van der Waals surface area contributed by atoms with Gasteiger partial charge in [0, 0.05) is 25.2 Å². The molecule has 1 fully saturated rings. The van der Waals surface area contributed by atoms with E-state index in [0.29, 0.717) is 0 Å². The molecule has 1 heterocycles. The summed E-state index contributed by atoms with van der Waals surface area (Å²) in [6.45, 7) is 5.19. The van der Waals surface area contributed by atoms with Crippen molar-refractivity contribution in [3.63, 3.8) is 0 Å². The first kappa shape index (κ1) is 8.70. The van der Waals surface area contributed by atoms with Gasteiger partial charge in [0.1, 0.15) is 5.82 Å². The lowest BCUT2D eigenvalue weighted by atomic mass is 10.0. The van der Waals surface area contributed by atoms with Gasteiger partial charge in [0.2, 0.25) is 0 Å². The van der Waals surface area contributed by atoms with Crippen LogP contribution in [0.15, 0.2) is 24.3 Å². The van der Waals surface area contributed by atoms with Crippen LogP contribution in [0.3, 0.4) is 0 Å². The minimum Gasteiger partial charge on any atom is -0.298 e. The second-order valence-electron chi connectivity index (χ2n) is 3.89. The van der Waals surface area contributed by atoms with E-state index in [2.05, 4.69) is 11.8 Å². The van der Waals surface area contributed by atoms with Gasteiger partial charge >= 0.3 is 0 Å². The largest absolute Gasteiger partial charge is 0.298 e. The van der Waals surface area contributed by atoms with Gasteiger partial charge in [-0.1, -0.05) is 25.1 Å². The fraction of sp³-hybridized carbons (Fsp3) is 0.455. The maximum atomic E-state index is 13.2. The normalized spacial score (nSPS) is 18.6. The van der Waals surface area contributed by atoms with Crippen LogP contribution in [0.25, 0.3) is 0 Å². The van der Waals surface area contributed by atoms with Crippen LogP contribution >= 0.6 is 0 Å². The highest BCUT2D eigenvalue weighted by molar-refractivity contribution is 5.17. The van der Waals surface area contributed by atoms with Gasteiger partial charge in [-0.25, -0.2) is 4.39 Å². The fourth-order valence-corrected chi connectivity index (χ4v) is 1.82. The highest BCUT2D eigenvalue weighted by Gasteiger charge is 2.22. The Labute approximate surface area is 78.2 Å². The summed E-state index contributed by atoms with van der Waals surface area (Å²) in [6, 6.07) is 7.01. The van der Waals surface area contributed by atoms with E-state index >= 15 is 0 Å². The minimum atomic E-state index is -0.0814. The Morgan fingerprint density at radius 3 is 2.69 bits per heavy atom. The summed E-state index contributed by atoms with van der Waals surface area (Å²) < 4.78 is 13.2. The number of hydrogen-bond acceptors (Lipinski definition) is 1. The van der Waals surface area contributed by atoms with Crippen LogP contribution in [0.5, 0.6) is 0 Å². The van der Waals surface area contributed by atoms with E-state index in [0.717, 1.165) is 31.1 Å². The number of halogens is 1. The topological polar surface area (TPSA) is 3.24 Å². The molecule has 2 rings (SSSR count). The third kappa shape index (κ3) is 1.89. The molecule has 1 nitrogen and oxygen atoms in total. The molecule has 1 aliphatic heterocycles. The van der Waals surface area contributed by atoms with Gasteiger partial charge in [0.05, 0.1) is 0 Å². The standard InChI is InChI=1S/C11H14FN/c1-9-6-13(7-9)8-10-4-2-3-5-11(10)12/h2-5,9H,6-8H2,1H3. The van der Waals surface area contributed by atoms with E-state index < -0.39 is 0 Å². The van der Waals surface area contributed by atoms with Gasteiger partial charge < -0.3 is 0 Å². The van der Waals surface area contributed by atoms with Gasteiger partial charge in [0.15, 0.2) is 0 Å². The molecule has 1 saturated heterocycles. The maximum absolute atomic E-state index is 13.2. The Bertz CT molecular complexity index is 292. The monoisotopic (exact) mass is 179 g/mol. The molecule has 0 N–H and O–H groups in total. The molecule has 70 valence electrons. The lowest BCUT2D eigenvalue weighted by Gasteiger charge is -2.37. The number of hydrogen-bond donors (Lipinski definition) is 0. The lowest BCUT2D eigenvalue weighted by molar-refractivity contribution is 0.103. The zero-order valence-corrected chi connectivity index (χ0v) is 7.83. The zero-order chi connectivity index (χ0) is 9.26. The van der Waals surface area contributed by atoms with E-state index in [1.165, 1.54) is 6.07 Å². The Balaban J connectivity index is 1.98. The van der Waals surface area contributed by atoms with E-state index in [1.54, 1.807) is 6.07 Å². The zero-order valence-electron chi connectivity index (χ0n) is 7.83. The molecule has 1 aromatic rings. The molecular formula is C11H14FN. The van der Waals surface area contributed by atoms with Crippen molar-refractivity contribution in [3.05, 3.63) is 35.6 Å². The van der Waals surface area contributed by atoms with Crippen molar-refractivity contribution in [2.45, 2.75) is 13.5 Å². The predicted molar refractivity (Wildman–Crippen MR) is 50.8 cm³/mol. The second kappa shape index (κ2) is 3.46. The first-order valence-electron chi connectivity index (χ1n) is 4.71. The molecular weight excluding hydrogens is 165 g/mol. The van der Waals surface area contributed by atoms with Gasteiger partial charge in [-0.2, -0.15) is 0 Å². The summed E-state index contributed by atoms with van der Waals surface area (Å²) in [5, 5.41) is 0. The predicted octanol–water partition coefficient (Wildman–Crippen LogP) is 2.28. The summed E-state index contributed by atoms with van der Waals surface area (Å²) in [7, 11) is 0. The number of rotatable bonds is 2. The SMILES string of the molecule is CC1CN(Cc2ccccc2F)C1.